The van der Waals surface area contributed by atoms with Crippen LogP contribution in [-0.4, -0.2) is 24.1 Å². The fourth-order valence-corrected chi connectivity index (χ4v) is 2.59. The largest absolute Gasteiger partial charge is 0.439 e. The van der Waals surface area contributed by atoms with E-state index in [1.165, 1.54) is 12.3 Å². The van der Waals surface area contributed by atoms with E-state index in [0.717, 1.165) is 12.1 Å². The van der Waals surface area contributed by atoms with Gasteiger partial charge in [-0.3, -0.25) is 4.79 Å². The average Bonchev–Trinajstić information content (AvgIpc) is 2.64. The average molecular weight is 348 g/mol. The van der Waals surface area contributed by atoms with Gasteiger partial charge in [-0.15, -0.1) is 0 Å². The minimum atomic E-state index is -0.997. The van der Waals surface area contributed by atoms with Crippen molar-refractivity contribution in [2.75, 3.05) is 13.2 Å². The first-order valence-corrected chi connectivity index (χ1v) is 8.06. The van der Waals surface area contributed by atoms with Crippen molar-refractivity contribution < 1.29 is 23.0 Å². The summed E-state index contributed by atoms with van der Waals surface area (Å²) in [6.07, 6.45) is 2.94. The van der Waals surface area contributed by atoms with Crippen molar-refractivity contribution in [3.8, 4) is 11.6 Å². The number of rotatable bonds is 5. The molecule has 0 saturated carbocycles. The maximum atomic E-state index is 13.3. The van der Waals surface area contributed by atoms with Crippen LogP contribution in [0.3, 0.4) is 0 Å². The third kappa shape index (κ3) is 4.51. The summed E-state index contributed by atoms with van der Waals surface area (Å²) in [5.41, 5.74) is 0.646. The molecule has 1 aliphatic heterocycles. The molecule has 1 aromatic heterocycles. The number of nitrogens with one attached hydrogen (secondary N) is 1. The lowest BCUT2D eigenvalue weighted by atomic mass is 9.99. The molecule has 0 spiro atoms. The van der Waals surface area contributed by atoms with E-state index in [0.29, 0.717) is 31.6 Å². The summed E-state index contributed by atoms with van der Waals surface area (Å²) >= 11 is 0. The molecule has 0 radical (unpaired) electrons. The van der Waals surface area contributed by atoms with Gasteiger partial charge in [-0.05, 0) is 31.0 Å². The lowest BCUT2D eigenvalue weighted by molar-refractivity contribution is -0.128. The van der Waals surface area contributed by atoms with Gasteiger partial charge >= 0.3 is 0 Å². The van der Waals surface area contributed by atoms with Gasteiger partial charge in [0.1, 0.15) is 5.75 Å². The Kier molecular flexibility index (Phi) is 5.55. The van der Waals surface area contributed by atoms with Crippen molar-refractivity contribution in [1.82, 2.24) is 10.3 Å². The second kappa shape index (κ2) is 8.02. The number of hydrogen-bond donors (Lipinski definition) is 1. The molecular weight excluding hydrogens is 330 g/mol. The van der Waals surface area contributed by atoms with E-state index in [9.17, 15) is 13.6 Å². The van der Waals surface area contributed by atoms with E-state index in [1.54, 1.807) is 12.1 Å². The van der Waals surface area contributed by atoms with E-state index in [2.05, 4.69) is 10.3 Å². The van der Waals surface area contributed by atoms with Crippen molar-refractivity contribution in [2.24, 2.45) is 5.92 Å². The topological polar surface area (TPSA) is 60.5 Å². The first kappa shape index (κ1) is 17.3. The van der Waals surface area contributed by atoms with Crippen molar-refractivity contribution >= 4 is 5.91 Å². The molecule has 2 aromatic rings. The molecule has 0 aliphatic carbocycles. The standard InChI is InChI=1S/C18H18F2N2O3/c19-15-4-3-14(10-16(15)20)25-18-13(2-1-7-21-18)11-22-17(23)12-5-8-24-9-6-12/h1-4,7,10,12H,5-6,8-9,11H2,(H,22,23). The number of aromatic nitrogens is 1. The number of hydrogen-bond acceptors (Lipinski definition) is 4. The Morgan fingerprint density at radius 1 is 1.24 bits per heavy atom. The monoisotopic (exact) mass is 348 g/mol. The molecule has 1 aromatic carbocycles. The summed E-state index contributed by atoms with van der Waals surface area (Å²) in [6.45, 7) is 1.42. The summed E-state index contributed by atoms with van der Waals surface area (Å²) in [7, 11) is 0. The second-order valence-corrected chi connectivity index (χ2v) is 5.75. The number of benzene rings is 1. The fraction of sp³-hybridized carbons (Fsp3) is 0.333. The summed E-state index contributed by atoms with van der Waals surface area (Å²) in [6, 6.07) is 6.73. The molecule has 3 rings (SSSR count). The molecule has 2 heterocycles. The van der Waals surface area contributed by atoms with Gasteiger partial charge in [0.05, 0.1) is 0 Å². The Balaban J connectivity index is 1.66. The zero-order valence-corrected chi connectivity index (χ0v) is 13.5. The quantitative estimate of drug-likeness (QED) is 0.901. The van der Waals surface area contributed by atoms with Crippen molar-refractivity contribution in [1.29, 1.82) is 0 Å². The highest BCUT2D eigenvalue weighted by Crippen LogP contribution is 2.24. The molecular formula is C18H18F2N2O3. The molecule has 1 N–H and O–H groups in total. The van der Waals surface area contributed by atoms with Crippen molar-refractivity contribution in [3.63, 3.8) is 0 Å². The minimum absolute atomic E-state index is 0.0362. The highest BCUT2D eigenvalue weighted by atomic mass is 19.2. The normalized spacial score (nSPS) is 15.0. The number of pyridine rings is 1. The van der Waals surface area contributed by atoms with Gasteiger partial charge in [0, 0.05) is 43.5 Å². The van der Waals surface area contributed by atoms with E-state index in [-0.39, 0.29) is 30.0 Å². The smallest absolute Gasteiger partial charge is 0.224 e. The lowest BCUT2D eigenvalue weighted by Crippen LogP contribution is -2.33. The Morgan fingerprint density at radius 2 is 2.04 bits per heavy atom. The van der Waals surface area contributed by atoms with E-state index in [4.69, 9.17) is 9.47 Å². The molecule has 1 amide bonds. The summed E-state index contributed by atoms with van der Waals surface area (Å²) in [5, 5.41) is 2.87. The molecule has 1 fully saturated rings. The van der Waals surface area contributed by atoms with Crippen molar-refractivity contribution in [2.45, 2.75) is 19.4 Å². The third-order valence-corrected chi connectivity index (χ3v) is 4.00. The molecule has 132 valence electrons. The van der Waals surface area contributed by atoms with Crippen LogP contribution >= 0.6 is 0 Å². The highest BCUT2D eigenvalue weighted by molar-refractivity contribution is 5.78. The molecule has 0 bridgehead atoms. The molecule has 1 aliphatic rings. The molecule has 1 saturated heterocycles. The van der Waals surface area contributed by atoms with Crippen LogP contribution in [-0.2, 0) is 16.1 Å². The maximum absolute atomic E-state index is 13.3. The number of halogens is 2. The van der Waals surface area contributed by atoms with Gasteiger partial charge in [-0.2, -0.15) is 0 Å². The van der Waals surface area contributed by atoms with Crippen LogP contribution in [0.2, 0.25) is 0 Å². The predicted octanol–water partition coefficient (Wildman–Crippen LogP) is 3.19. The number of carbonyl (C=O) groups is 1. The Bertz CT molecular complexity index is 749. The van der Waals surface area contributed by atoms with Gasteiger partial charge in [0.25, 0.3) is 0 Å². The van der Waals surface area contributed by atoms with E-state index >= 15 is 0 Å². The number of amides is 1. The van der Waals surface area contributed by atoms with Gasteiger partial charge in [-0.25, -0.2) is 13.8 Å². The van der Waals surface area contributed by atoms with Crippen LogP contribution in [0.1, 0.15) is 18.4 Å². The summed E-state index contributed by atoms with van der Waals surface area (Å²) < 4.78 is 37.1. The predicted molar refractivity (Wildman–Crippen MR) is 86.1 cm³/mol. The number of ether oxygens (including phenoxy) is 2. The van der Waals surface area contributed by atoms with Crippen LogP contribution in [0.25, 0.3) is 0 Å². The minimum Gasteiger partial charge on any atom is -0.439 e. The van der Waals surface area contributed by atoms with E-state index in [1.807, 2.05) is 0 Å². The molecule has 0 unspecified atom stereocenters. The Morgan fingerprint density at radius 3 is 2.80 bits per heavy atom. The molecule has 7 heteroatoms. The zero-order chi connectivity index (χ0) is 17.6. The Labute approximate surface area is 144 Å². The van der Waals surface area contributed by atoms with Gasteiger partial charge in [-0.1, -0.05) is 6.07 Å². The lowest BCUT2D eigenvalue weighted by Gasteiger charge is -2.21. The van der Waals surface area contributed by atoms with Gasteiger partial charge in [0.2, 0.25) is 11.8 Å². The van der Waals surface area contributed by atoms with Crippen LogP contribution < -0.4 is 10.1 Å². The fourth-order valence-electron chi connectivity index (χ4n) is 2.59. The third-order valence-electron chi connectivity index (χ3n) is 4.00. The molecule has 0 atom stereocenters. The van der Waals surface area contributed by atoms with E-state index < -0.39 is 11.6 Å². The SMILES string of the molecule is O=C(NCc1cccnc1Oc1ccc(F)c(F)c1)C1CCOCC1. The van der Waals surface area contributed by atoms with Crippen LogP contribution in [0.5, 0.6) is 11.6 Å². The highest BCUT2D eigenvalue weighted by Gasteiger charge is 2.21. The van der Waals surface area contributed by atoms with Gasteiger partial charge < -0.3 is 14.8 Å². The first-order chi connectivity index (χ1) is 12.1. The number of carbonyl (C=O) groups excluding carboxylic acids is 1. The van der Waals surface area contributed by atoms with Crippen LogP contribution in [0, 0.1) is 17.6 Å². The molecule has 5 nitrogen and oxygen atoms in total. The Hall–Kier alpha value is -2.54. The zero-order valence-electron chi connectivity index (χ0n) is 13.5. The van der Waals surface area contributed by atoms with Crippen LogP contribution in [0.15, 0.2) is 36.5 Å². The van der Waals surface area contributed by atoms with Crippen molar-refractivity contribution in [3.05, 3.63) is 53.7 Å². The number of nitrogens with zero attached hydrogens (tertiary/aromatic N) is 1. The first-order valence-electron chi connectivity index (χ1n) is 8.06. The molecule has 25 heavy (non-hydrogen) atoms. The van der Waals surface area contributed by atoms with Gasteiger partial charge in [0.15, 0.2) is 11.6 Å². The maximum Gasteiger partial charge on any atom is 0.224 e. The second-order valence-electron chi connectivity index (χ2n) is 5.75. The summed E-state index contributed by atoms with van der Waals surface area (Å²) in [4.78, 5) is 16.3. The van der Waals surface area contributed by atoms with Crippen LogP contribution in [0.4, 0.5) is 8.78 Å². The summed E-state index contributed by atoms with van der Waals surface area (Å²) in [5.74, 6) is -1.66.